The molecule has 6 aromatic rings. The maximum Gasteiger partial charge on any atom is 0.118 e. The first-order chi connectivity index (χ1) is 16.3. The predicted molar refractivity (Wildman–Crippen MR) is 139 cm³/mol. The Morgan fingerprint density at radius 1 is 0.576 bits per heavy atom. The Hall–Kier alpha value is -4.30. The Kier molecular flexibility index (Phi) is 4.70. The lowest BCUT2D eigenvalue weighted by Gasteiger charge is -2.16. The molecule has 0 bridgehead atoms. The maximum absolute atomic E-state index is 5.42. The molecule has 0 spiro atoms. The Morgan fingerprint density at radius 2 is 1.18 bits per heavy atom. The normalized spacial score (nSPS) is 11.2. The number of H-pyrrole nitrogens is 1. The second-order valence-electron chi connectivity index (χ2n) is 8.23. The van der Waals surface area contributed by atoms with Crippen LogP contribution in [0.15, 0.2) is 115 Å². The first kappa shape index (κ1) is 19.4. The standard InChI is InChI=1S/C31H23NO/c1-33-24-18-16-23(17-19-24)29-26(21-10-4-2-5-11-21)20-27(22-12-6-3-7-13-22)30-25-14-8-9-15-28(25)32-31(29)30/h2-20,32H,1H3. The molecular weight excluding hydrogens is 402 g/mol. The van der Waals surface area contributed by atoms with Crippen LogP contribution < -0.4 is 4.74 Å². The molecule has 2 heteroatoms. The van der Waals surface area contributed by atoms with E-state index in [1.165, 1.54) is 38.6 Å². The Balaban J connectivity index is 1.79. The average Bonchev–Trinajstić information content (AvgIpc) is 3.28. The van der Waals surface area contributed by atoms with Crippen LogP contribution in [0.1, 0.15) is 0 Å². The summed E-state index contributed by atoms with van der Waals surface area (Å²) in [6, 6.07) is 40.6. The zero-order valence-corrected chi connectivity index (χ0v) is 18.4. The van der Waals surface area contributed by atoms with Crippen LogP contribution in [0.25, 0.3) is 55.2 Å². The molecule has 1 aromatic heterocycles. The van der Waals surface area contributed by atoms with Crippen molar-refractivity contribution in [2.45, 2.75) is 0 Å². The highest BCUT2D eigenvalue weighted by atomic mass is 16.5. The fourth-order valence-electron chi connectivity index (χ4n) is 4.78. The van der Waals surface area contributed by atoms with Crippen molar-refractivity contribution in [3.05, 3.63) is 115 Å². The molecule has 0 atom stereocenters. The van der Waals surface area contributed by atoms with E-state index in [1.807, 2.05) is 12.1 Å². The fourth-order valence-corrected chi connectivity index (χ4v) is 4.78. The molecule has 6 rings (SSSR count). The molecule has 0 amide bonds. The van der Waals surface area contributed by atoms with Gasteiger partial charge >= 0.3 is 0 Å². The first-order valence-electron chi connectivity index (χ1n) is 11.2. The minimum atomic E-state index is 0.855. The molecule has 2 nitrogen and oxygen atoms in total. The van der Waals surface area contributed by atoms with Crippen LogP contribution in [0.5, 0.6) is 5.75 Å². The molecule has 1 N–H and O–H groups in total. The second kappa shape index (κ2) is 7.99. The summed E-state index contributed by atoms with van der Waals surface area (Å²) in [6.45, 7) is 0. The van der Waals surface area contributed by atoms with Crippen molar-refractivity contribution in [1.29, 1.82) is 0 Å². The van der Waals surface area contributed by atoms with Crippen LogP contribution in [0.2, 0.25) is 0 Å². The van der Waals surface area contributed by atoms with Crippen molar-refractivity contribution < 1.29 is 4.74 Å². The van der Waals surface area contributed by atoms with Crippen molar-refractivity contribution in [2.24, 2.45) is 0 Å². The van der Waals surface area contributed by atoms with Gasteiger partial charge in [0.05, 0.1) is 12.6 Å². The molecule has 0 saturated carbocycles. The molecule has 0 fully saturated rings. The summed E-state index contributed by atoms with van der Waals surface area (Å²) in [4.78, 5) is 3.76. The molecule has 0 aliphatic carbocycles. The number of benzene rings is 5. The van der Waals surface area contributed by atoms with E-state index in [2.05, 4.69) is 108 Å². The summed E-state index contributed by atoms with van der Waals surface area (Å²) in [5.41, 5.74) is 9.51. The molecule has 0 aliphatic heterocycles. The van der Waals surface area contributed by atoms with Crippen molar-refractivity contribution in [2.75, 3.05) is 7.11 Å². The number of fused-ring (bicyclic) bond motifs is 3. The van der Waals surface area contributed by atoms with E-state index in [4.69, 9.17) is 4.74 Å². The number of rotatable bonds is 4. The van der Waals surface area contributed by atoms with Crippen molar-refractivity contribution in [3.8, 4) is 39.1 Å². The van der Waals surface area contributed by atoms with Crippen molar-refractivity contribution >= 4 is 21.8 Å². The highest BCUT2D eigenvalue weighted by Gasteiger charge is 2.20. The van der Waals surface area contributed by atoms with Crippen LogP contribution in [0.3, 0.4) is 0 Å². The number of nitrogens with one attached hydrogen (secondary N) is 1. The number of aromatic amines is 1. The third-order valence-corrected chi connectivity index (χ3v) is 6.33. The van der Waals surface area contributed by atoms with Gasteiger partial charge in [0.2, 0.25) is 0 Å². The SMILES string of the molecule is COc1ccc(-c2c(-c3ccccc3)cc(-c3ccccc3)c3c2[nH]c2ccccc23)cc1. The number of hydrogen-bond donors (Lipinski definition) is 1. The molecule has 0 radical (unpaired) electrons. The molecule has 0 unspecified atom stereocenters. The average molecular weight is 426 g/mol. The van der Waals surface area contributed by atoms with Gasteiger partial charge in [-0.1, -0.05) is 91.0 Å². The third kappa shape index (κ3) is 3.28. The molecule has 1 heterocycles. The van der Waals surface area contributed by atoms with E-state index in [0.717, 1.165) is 22.3 Å². The van der Waals surface area contributed by atoms with E-state index < -0.39 is 0 Å². The molecular formula is C31H23NO. The minimum Gasteiger partial charge on any atom is -0.497 e. The van der Waals surface area contributed by atoms with E-state index in [9.17, 15) is 0 Å². The quantitative estimate of drug-likeness (QED) is 0.302. The summed E-state index contributed by atoms with van der Waals surface area (Å²) in [5, 5.41) is 2.49. The summed E-state index contributed by atoms with van der Waals surface area (Å²) in [5.74, 6) is 0.855. The van der Waals surface area contributed by atoms with Gasteiger partial charge in [-0.25, -0.2) is 0 Å². The number of aromatic nitrogens is 1. The summed E-state index contributed by atoms with van der Waals surface area (Å²) >= 11 is 0. The van der Waals surface area contributed by atoms with Crippen molar-refractivity contribution in [3.63, 3.8) is 0 Å². The highest BCUT2D eigenvalue weighted by molar-refractivity contribution is 6.20. The number of hydrogen-bond acceptors (Lipinski definition) is 1. The molecule has 5 aromatic carbocycles. The van der Waals surface area contributed by atoms with Gasteiger partial charge in [0, 0.05) is 21.9 Å². The van der Waals surface area contributed by atoms with Gasteiger partial charge in [-0.2, -0.15) is 0 Å². The molecule has 0 saturated heterocycles. The predicted octanol–water partition coefficient (Wildman–Crippen LogP) is 8.33. The van der Waals surface area contributed by atoms with Gasteiger partial charge < -0.3 is 9.72 Å². The van der Waals surface area contributed by atoms with Crippen LogP contribution in [-0.2, 0) is 0 Å². The zero-order chi connectivity index (χ0) is 22.2. The van der Waals surface area contributed by atoms with Gasteiger partial charge in [0.1, 0.15) is 5.75 Å². The number of methoxy groups -OCH3 is 1. The number of para-hydroxylation sites is 1. The van der Waals surface area contributed by atoms with Crippen LogP contribution in [0.4, 0.5) is 0 Å². The summed E-state index contributed by atoms with van der Waals surface area (Å²) in [7, 11) is 1.70. The minimum absolute atomic E-state index is 0.855. The monoisotopic (exact) mass is 425 g/mol. The van der Waals surface area contributed by atoms with Crippen LogP contribution >= 0.6 is 0 Å². The smallest absolute Gasteiger partial charge is 0.118 e. The topological polar surface area (TPSA) is 25.0 Å². The van der Waals surface area contributed by atoms with E-state index >= 15 is 0 Å². The Bertz CT molecular complexity index is 1560. The zero-order valence-electron chi connectivity index (χ0n) is 18.4. The van der Waals surface area contributed by atoms with E-state index in [1.54, 1.807) is 7.11 Å². The maximum atomic E-state index is 5.42. The van der Waals surface area contributed by atoms with Gasteiger partial charge in [-0.15, -0.1) is 0 Å². The summed E-state index contributed by atoms with van der Waals surface area (Å²) < 4.78 is 5.42. The fraction of sp³-hybridized carbons (Fsp3) is 0.0323. The van der Waals surface area contributed by atoms with Gasteiger partial charge in [0.15, 0.2) is 0 Å². The first-order valence-corrected chi connectivity index (χ1v) is 11.2. The van der Waals surface area contributed by atoms with Gasteiger partial charge in [-0.05, 0) is 52.1 Å². The van der Waals surface area contributed by atoms with Gasteiger partial charge in [0.25, 0.3) is 0 Å². The second-order valence-corrected chi connectivity index (χ2v) is 8.23. The Labute approximate surface area is 193 Å². The van der Waals surface area contributed by atoms with E-state index in [-0.39, 0.29) is 0 Å². The Morgan fingerprint density at radius 3 is 1.85 bits per heavy atom. The highest BCUT2D eigenvalue weighted by Crippen LogP contribution is 2.45. The van der Waals surface area contributed by atoms with Crippen LogP contribution in [0, 0.1) is 0 Å². The number of ether oxygens (including phenoxy) is 1. The molecule has 158 valence electrons. The lowest BCUT2D eigenvalue weighted by molar-refractivity contribution is 0.415. The van der Waals surface area contributed by atoms with Crippen molar-refractivity contribution in [1.82, 2.24) is 4.98 Å². The third-order valence-electron chi connectivity index (χ3n) is 6.33. The lowest BCUT2D eigenvalue weighted by Crippen LogP contribution is -1.91. The largest absolute Gasteiger partial charge is 0.497 e. The van der Waals surface area contributed by atoms with E-state index in [0.29, 0.717) is 0 Å². The lowest BCUT2D eigenvalue weighted by atomic mass is 9.87. The molecule has 33 heavy (non-hydrogen) atoms. The molecule has 0 aliphatic rings. The van der Waals surface area contributed by atoms with Gasteiger partial charge in [-0.3, -0.25) is 0 Å². The van der Waals surface area contributed by atoms with Crippen LogP contribution in [-0.4, -0.2) is 12.1 Å². The summed E-state index contributed by atoms with van der Waals surface area (Å²) in [6.07, 6.45) is 0.